The number of aromatic hydroxyl groups is 1. The van der Waals surface area contributed by atoms with Gasteiger partial charge in [0.2, 0.25) is 0 Å². The highest BCUT2D eigenvalue weighted by atomic mass is 35.5. The average molecular weight is 290 g/mol. The lowest BCUT2D eigenvalue weighted by molar-refractivity contribution is -0.152. The number of carbonyl (C=O) groups is 1. The lowest BCUT2D eigenvalue weighted by atomic mass is 9.80. The third-order valence-corrected chi connectivity index (χ3v) is 3.07. The molecule has 0 aliphatic heterocycles. The number of benzene rings is 1. The first-order valence-corrected chi connectivity index (χ1v) is 5.56. The molecule has 5 nitrogen and oxygen atoms in total. The van der Waals surface area contributed by atoms with Crippen molar-refractivity contribution in [3.8, 4) is 11.5 Å². The highest BCUT2D eigenvalue weighted by Gasteiger charge is 2.38. The summed E-state index contributed by atoms with van der Waals surface area (Å²) in [5, 5.41) is 10.0. The van der Waals surface area contributed by atoms with Crippen molar-refractivity contribution in [1.29, 1.82) is 0 Å². The molecule has 19 heavy (non-hydrogen) atoms. The second-order valence-corrected chi connectivity index (χ2v) is 4.59. The Labute approximate surface area is 119 Å². The minimum absolute atomic E-state index is 0. The van der Waals surface area contributed by atoms with Crippen LogP contribution in [-0.2, 0) is 9.53 Å². The summed E-state index contributed by atoms with van der Waals surface area (Å²) in [5.74, 6) is -0.162. The summed E-state index contributed by atoms with van der Waals surface area (Å²) in [7, 11) is 2.76. The van der Waals surface area contributed by atoms with Crippen molar-refractivity contribution in [3.05, 3.63) is 23.8 Å². The van der Waals surface area contributed by atoms with Crippen LogP contribution in [0.1, 0.15) is 25.5 Å². The summed E-state index contributed by atoms with van der Waals surface area (Å²) >= 11 is 0. The van der Waals surface area contributed by atoms with Crippen molar-refractivity contribution in [2.24, 2.45) is 11.1 Å². The largest absolute Gasteiger partial charge is 0.504 e. The number of hydrogen-bond donors (Lipinski definition) is 2. The predicted molar refractivity (Wildman–Crippen MR) is 74.6 cm³/mol. The van der Waals surface area contributed by atoms with Crippen LogP contribution in [0.5, 0.6) is 11.5 Å². The van der Waals surface area contributed by atoms with Gasteiger partial charge in [0.05, 0.1) is 19.6 Å². The molecule has 6 heteroatoms. The van der Waals surface area contributed by atoms with Crippen LogP contribution in [0.25, 0.3) is 0 Å². The molecule has 0 spiro atoms. The molecular formula is C13H20ClNO4. The van der Waals surface area contributed by atoms with E-state index in [4.69, 9.17) is 15.2 Å². The fourth-order valence-corrected chi connectivity index (χ4v) is 1.73. The van der Waals surface area contributed by atoms with E-state index in [-0.39, 0.29) is 18.2 Å². The van der Waals surface area contributed by atoms with Crippen LogP contribution in [0.3, 0.4) is 0 Å². The molecule has 0 aliphatic carbocycles. The first-order valence-electron chi connectivity index (χ1n) is 5.56. The molecule has 1 aromatic carbocycles. The number of para-hydroxylation sites is 1. The van der Waals surface area contributed by atoms with Gasteiger partial charge in [0.25, 0.3) is 0 Å². The van der Waals surface area contributed by atoms with Gasteiger partial charge in [-0.05, 0) is 19.9 Å². The fraction of sp³-hybridized carbons (Fsp3) is 0.462. The number of ether oxygens (including phenoxy) is 2. The van der Waals surface area contributed by atoms with Gasteiger partial charge < -0.3 is 20.3 Å². The molecule has 0 bridgehead atoms. The van der Waals surface area contributed by atoms with Crippen molar-refractivity contribution in [2.75, 3.05) is 14.2 Å². The van der Waals surface area contributed by atoms with Crippen molar-refractivity contribution in [3.63, 3.8) is 0 Å². The van der Waals surface area contributed by atoms with Gasteiger partial charge in [0, 0.05) is 11.6 Å². The molecule has 0 amide bonds. The first kappa shape index (κ1) is 17.5. The Hall–Kier alpha value is -1.46. The Bertz CT molecular complexity index is 448. The molecule has 0 aromatic heterocycles. The number of esters is 1. The van der Waals surface area contributed by atoms with E-state index < -0.39 is 17.4 Å². The van der Waals surface area contributed by atoms with Crippen LogP contribution >= 0.6 is 12.4 Å². The monoisotopic (exact) mass is 289 g/mol. The topological polar surface area (TPSA) is 81.8 Å². The Morgan fingerprint density at radius 2 is 1.95 bits per heavy atom. The second-order valence-electron chi connectivity index (χ2n) is 4.59. The molecule has 0 aliphatic rings. The molecule has 0 unspecified atom stereocenters. The number of carbonyl (C=O) groups excluding carboxylic acids is 1. The second kappa shape index (κ2) is 6.63. The summed E-state index contributed by atoms with van der Waals surface area (Å²) in [6.45, 7) is 3.34. The Balaban J connectivity index is 0.00000324. The quantitative estimate of drug-likeness (QED) is 0.829. The smallest absolute Gasteiger partial charge is 0.313 e. The average Bonchev–Trinajstić information content (AvgIpc) is 2.37. The number of phenolic OH excluding ortho intramolecular Hbond substituents is 1. The molecule has 0 radical (unpaired) electrons. The van der Waals surface area contributed by atoms with E-state index in [1.807, 2.05) is 0 Å². The van der Waals surface area contributed by atoms with Crippen LogP contribution in [0, 0.1) is 5.41 Å². The zero-order valence-corrected chi connectivity index (χ0v) is 12.3. The van der Waals surface area contributed by atoms with Gasteiger partial charge >= 0.3 is 5.97 Å². The molecule has 3 N–H and O–H groups in total. The van der Waals surface area contributed by atoms with Crippen molar-refractivity contribution in [2.45, 2.75) is 19.9 Å². The minimum Gasteiger partial charge on any atom is -0.504 e. The predicted octanol–water partition coefficient (Wildman–Crippen LogP) is 2.02. The molecule has 0 saturated carbocycles. The van der Waals surface area contributed by atoms with Crippen molar-refractivity contribution in [1.82, 2.24) is 0 Å². The maximum Gasteiger partial charge on any atom is 0.313 e. The van der Waals surface area contributed by atoms with E-state index in [2.05, 4.69) is 0 Å². The number of halogens is 1. The number of hydrogen-bond acceptors (Lipinski definition) is 5. The molecule has 0 saturated heterocycles. The normalized spacial score (nSPS) is 12.3. The van der Waals surface area contributed by atoms with Gasteiger partial charge in [-0.3, -0.25) is 4.79 Å². The SMILES string of the molecule is COC(=O)C(C)(C)[C@@H](N)c1cccc(OC)c1O.Cl. The first-order chi connectivity index (χ1) is 8.36. The third-order valence-electron chi connectivity index (χ3n) is 3.07. The maximum absolute atomic E-state index is 11.7. The van der Waals surface area contributed by atoms with Crippen molar-refractivity contribution < 1.29 is 19.4 Å². The lowest BCUT2D eigenvalue weighted by Gasteiger charge is -2.29. The summed E-state index contributed by atoms with van der Waals surface area (Å²) < 4.78 is 9.74. The highest BCUT2D eigenvalue weighted by molar-refractivity contribution is 5.85. The molecule has 0 heterocycles. The summed E-state index contributed by atoms with van der Waals surface area (Å²) in [6.07, 6.45) is 0. The number of phenols is 1. The highest BCUT2D eigenvalue weighted by Crippen LogP contribution is 2.40. The molecule has 1 rings (SSSR count). The van der Waals surface area contributed by atoms with Gasteiger partial charge in [-0.25, -0.2) is 0 Å². The fourth-order valence-electron chi connectivity index (χ4n) is 1.73. The van der Waals surface area contributed by atoms with E-state index in [0.29, 0.717) is 11.3 Å². The molecule has 1 atom stereocenters. The van der Waals surface area contributed by atoms with E-state index >= 15 is 0 Å². The molecule has 1 aromatic rings. The van der Waals surface area contributed by atoms with E-state index in [9.17, 15) is 9.90 Å². The molecular weight excluding hydrogens is 270 g/mol. The van der Waals surface area contributed by atoms with Crippen LogP contribution in [0.15, 0.2) is 18.2 Å². The van der Waals surface area contributed by atoms with E-state index in [1.165, 1.54) is 14.2 Å². The Morgan fingerprint density at radius 3 is 2.42 bits per heavy atom. The third kappa shape index (κ3) is 3.30. The maximum atomic E-state index is 11.7. The summed E-state index contributed by atoms with van der Waals surface area (Å²) in [6, 6.07) is 4.30. The Morgan fingerprint density at radius 1 is 1.37 bits per heavy atom. The van der Waals surface area contributed by atoms with Crippen LogP contribution in [0.2, 0.25) is 0 Å². The van der Waals surface area contributed by atoms with Gasteiger partial charge in [0.1, 0.15) is 0 Å². The number of nitrogens with two attached hydrogens (primary N) is 1. The lowest BCUT2D eigenvalue weighted by Crippen LogP contribution is -2.37. The van der Waals surface area contributed by atoms with E-state index in [0.717, 1.165) is 0 Å². The van der Waals surface area contributed by atoms with Crippen LogP contribution < -0.4 is 10.5 Å². The minimum atomic E-state index is -0.946. The zero-order chi connectivity index (χ0) is 13.9. The van der Waals surface area contributed by atoms with Crippen molar-refractivity contribution >= 4 is 18.4 Å². The van der Waals surface area contributed by atoms with E-state index in [1.54, 1.807) is 32.0 Å². The Kier molecular flexibility index (Phi) is 6.12. The van der Waals surface area contributed by atoms with Gasteiger partial charge in [-0.15, -0.1) is 12.4 Å². The zero-order valence-electron chi connectivity index (χ0n) is 11.5. The summed E-state index contributed by atoms with van der Waals surface area (Å²) in [4.78, 5) is 11.7. The van der Waals surface area contributed by atoms with Gasteiger partial charge in [-0.2, -0.15) is 0 Å². The number of rotatable bonds is 4. The van der Waals surface area contributed by atoms with Crippen LogP contribution in [-0.4, -0.2) is 25.3 Å². The van der Waals surface area contributed by atoms with Gasteiger partial charge in [0.15, 0.2) is 11.5 Å². The number of methoxy groups -OCH3 is 2. The van der Waals surface area contributed by atoms with Crippen LogP contribution in [0.4, 0.5) is 0 Å². The standard InChI is InChI=1S/C13H19NO4.ClH/c1-13(2,12(16)18-4)11(14)8-6-5-7-9(17-3)10(8)15;/h5-7,11,15H,14H2,1-4H3;1H/t11-;/m0./s1. The molecule has 108 valence electrons. The molecule has 0 fully saturated rings. The summed E-state index contributed by atoms with van der Waals surface area (Å²) in [5.41, 5.74) is 5.56. The van der Waals surface area contributed by atoms with Gasteiger partial charge in [-0.1, -0.05) is 12.1 Å².